The molecule has 11 heteroatoms. The van der Waals surface area contributed by atoms with Gasteiger partial charge in [0.25, 0.3) is 0 Å². The Balaban J connectivity index is 1.38. The quantitative estimate of drug-likeness (QED) is 0.689. The van der Waals surface area contributed by atoms with Crippen LogP contribution in [0.2, 0.25) is 0 Å². The zero-order valence-electron chi connectivity index (χ0n) is 18.0. The van der Waals surface area contributed by atoms with Crippen molar-refractivity contribution in [3.63, 3.8) is 0 Å². The molecule has 10 nitrogen and oxygen atoms in total. The second-order valence-corrected chi connectivity index (χ2v) is 10.1. The summed E-state index contributed by atoms with van der Waals surface area (Å²) in [5, 5.41) is 6.44. The van der Waals surface area contributed by atoms with E-state index in [-0.39, 0.29) is 35.1 Å². The molecule has 0 spiro atoms. The summed E-state index contributed by atoms with van der Waals surface area (Å²) in [4.78, 5) is 29.9. The number of hydrogen-bond donors (Lipinski definition) is 1. The first-order valence-electron chi connectivity index (χ1n) is 10.8. The van der Waals surface area contributed by atoms with Crippen molar-refractivity contribution < 1.29 is 22.5 Å². The topological polar surface area (TPSA) is 126 Å². The normalized spacial score (nSPS) is 18.1. The monoisotopic (exact) mass is 461 g/mol. The highest BCUT2D eigenvalue weighted by atomic mass is 32.2. The van der Waals surface area contributed by atoms with Gasteiger partial charge in [0, 0.05) is 44.6 Å². The predicted molar refractivity (Wildman–Crippen MR) is 115 cm³/mol. The number of aromatic nitrogens is 2. The van der Waals surface area contributed by atoms with Gasteiger partial charge in [-0.05, 0) is 49.9 Å². The summed E-state index contributed by atoms with van der Waals surface area (Å²) in [6.07, 6.45) is 3.20. The molecule has 0 atom stereocenters. The molecule has 2 amide bonds. The smallest absolute Gasteiger partial charge is 0.246 e. The second-order valence-electron chi connectivity index (χ2n) is 8.16. The molecule has 0 radical (unpaired) electrons. The fraction of sp³-hybridized carbons (Fsp3) is 0.524. The van der Waals surface area contributed by atoms with Crippen LogP contribution in [0.3, 0.4) is 0 Å². The summed E-state index contributed by atoms with van der Waals surface area (Å²) >= 11 is 0. The maximum Gasteiger partial charge on any atom is 0.246 e. The average Bonchev–Trinajstić information content (AvgIpc) is 3.50. The van der Waals surface area contributed by atoms with Crippen LogP contribution in [0.5, 0.6) is 0 Å². The molecule has 2 aliphatic rings. The Kier molecular flexibility index (Phi) is 6.56. The molecule has 0 bridgehead atoms. The fourth-order valence-electron chi connectivity index (χ4n) is 4.11. The van der Waals surface area contributed by atoms with E-state index < -0.39 is 10.0 Å². The van der Waals surface area contributed by atoms with Crippen LogP contribution >= 0.6 is 0 Å². The summed E-state index contributed by atoms with van der Waals surface area (Å²) < 4.78 is 32.7. The van der Waals surface area contributed by atoms with Crippen LogP contribution in [0.25, 0.3) is 11.4 Å². The summed E-state index contributed by atoms with van der Waals surface area (Å²) in [6, 6.07) is 6.30. The van der Waals surface area contributed by atoms with Crippen LogP contribution in [0.15, 0.2) is 33.7 Å². The van der Waals surface area contributed by atoms with Gasteiger partial charge in [0.2, 0.25) is 33.6 Å². The Labute approximate surface area is 187 Å². The zero-order valence-corrected chi connectivity index (χ0v) is 18.8. The number of nitrogens with zero attached hydrogens (tertiary/aromatic N) is 4. The molecule has 2 fully saturated rings. The van der Waals surface area contributed by atoms with Crippen LogP contribution in [-0.2, 0) is 26.2 Å². The first-order chi connectivity index (χ1) is 15.3. The molecule has 3 heterocycles. The van der Waals surface area contributed by atoms with Crippen LogP contribution in [0.1, 0.15) is 38.5 Å². The van der Waals surface area contributed by atoms with Crippen molar-refractivity contribution in [1.82, 2.24) is 24.7 Å². The highest BCUT2D eigenvalue weighted by molar-refractivity contribution is 7.89. The summed E-state index contributed by atoms with van der Waals surface area (Å²) in [5.74, 6) is 0.450. The van der Waals surface area contributed by atoms with Gasteiger partial charge in [-0.25, -0.2) is 8.42 Å². The predicted octanol–water partition coefficient (Wildman–Crippen LogP) is 1.40. The minimum absolute atomic E-state index is 0.0909. The van der Waals surface area contributed by atoms with Crippen LogP contribution in [-0.4, -0.2) is 65.8 Å². The lowest BCUT2D eigenvalue weighted by molar-refractivity contribution is -0.135. The molecular formula is C21H27N5O5S. The van der Waals surface area contributed by atoms with E-state index in [1.807, 2.05) is 4.90 Å². The van der Waals surface area contributed by atoms with Gasteiger partial charge < -0.3 is 14.7 Å². The maximum absolute atomic E-state index is 13.1. The number of rotatable bonds is 6. The van der Waals surface area contributed by atoms with Gasteiger partial charge in [0.05, 0.1) is 11.4 Å². The Bertz CT molecular complexity index is 1070. The van der Waals surface area contributed by atoms with Gasteiger partial charge in [-0.15, -0.1) is 0 Å². The number of carbonyl (C=O) groups is 2. The molecule has 2 saturated heterocycles. The molecule has 4 rings (SSSR count). The lowest BCUT2D eigenvalue weighted by atomic mass is 9.97. The van der Waals surface area contributed by atoms with Crippen LogP contribution < -0.4 is 5.32 Å². The number of likely N-dealkylation sites (tertiary alicyclic amines) is 1. The van der Waals surface area contributed by atoms with Gasteiger partial charge in [0.15, 0.2) is 0 Å². The lowest BCUT2D eigenvalue weighted by Crippen LogP contribution is -2.43. The molecule has 2 aliphatic heterocycles. The van der Waals surface area contributed by atoms with E-state index in [0.717, 1.165) is 25.9 Å². The third-order valence-electron chi connectivity index (χ3n) is 5.93. The van der Waals surface area contributed by atoms with Crippen molar-refractivity contribution in [3.8, 4) is 11.4 Å². The Morgan fingerprint density at radius 3 is 2.38 bits per heavy atom. The van der Waals surface area contributed by atoms with Crippen molar-refractivity contribution in [2.24, 2.45) is 5.92 Å². The fourth-order valence-corrected chi connectivity index (χ4v) is 5.58. The van der Waals surface area contributed by atoms with Crippen LogP contribution in [0.4, 0.5) is 0 Å². The van der Waals surface area contributed by atoms with E-state index in [2.05, 4.69) is 15.5 Å². The highest BCUT2D eigenvalue weighted by Crippen LogP contribution is 2.27. The Morgan fingerprint density at radius 2 is 1.75 bits per heavy atom. The van der Waals surface area contributed by atoms with E-state index in [9.17, 15) is 18.0 Å². The minimum atomic E-state index is -3.65. The molecular weight excluding hydrogens is 434 g/mol. The zero-order chi connectivity index (χ0) is 22.7. The number of benzene rings is 1. The van der Waals surface area contributed by atoms with Crippen molar-refractivity contribution in [2.45, 2.75) is 44.0 Å². The van der Waals surface area contributed by atoms with Crippen LogP contribution in [0, 0.1) is 5.92 Å². The van der Waals surface area contributed by atoms with Gasteiger partial charge in [-0.1, -0.05) is 5.16 Å². The average molecular weight is 462 g/mol. The molecule has 172 valence electrons. The Morgan fingerprint density at radius 1 is 1.09 bits per heavy atom. The summed E-state index contributed by atoms with van der Waals surface area (Å²) in [7, 11) is -3.65. The summed E-state index contributed by atoms with van der Waals surface area (Å²) in [5.41, 5.74) is 0.608. The first-order valence-corrected chi connectivity index (χ1v) is 12.2. The van der Waals surface area contributed by atoms with Crippen molar-refractivity contribution >= 4 is 21.8 Å². The molecule has 0 unspecified atom stereocenters. The molecule has 32 heavy (non-hydrogen) atoms. The van der Waals surface area contributed by atoms with Gasteiger partial charge in [0.1, 0.15) is 0 Å². The van der Waals surface area contributed by atoms with Gasteiger partial charge in [-0.3, -0.25) is 9.59 Å². The van der Waals surface area contributed by atoms with Gasteiger partial charge >= 0.3 is 0 Å². The van der Waals surface area contributed by atoms with Crippen molar-refractivity contribution in [2.75, 3.05) is 26.2 Å². The van der Waals surface area contributed by atoms with E-state index in [1.165, 1.54) is 23.4 Å². The molecule has 1 aromatic carbocycles. The van der Waals surface area contributed by atoms with E-state index in [4.69, 9.17) is 4.52 Å². The first kappa shape index (κ1) is 22.4. The van der Waals surface area contributed by atoms with Gasteiger partial charge in [-0.2, -0.15) is 9.29 Å². The number of hydrogen-bond acceptors (Lipinski definition) is 7. The third kappa shape index (κ3) is 4.83. The maximum atomic E-state index is 13.1. The Hall–Kier alpha value is -2.79. The van der Waals surface area contributed by atoms with Crippen molar-refractivity contribution in [3.05, 3.63) is 30.2 Å². The highest BCUT2D eigenvalue weighted by Gasteiger charge is 2.34. The van der Waals surface area contributed by atoms with E-state index in [1.54, 1.807) is 12.1 Å². The van der Waals surface area contributed by atoms with E-state index >= 15 is 0 Å². The standard InChI is InChI=1S/C21H27N5O5S/c1-15(27)22-14-19-23-20(24-31-19)16-4-6-18(7-5-16)32(29,30)26-12-8-17(9-13-26)21(28)25-10-2-3-11-25/h4-7,17H,2-3,8-14H2,1H3,(H,22,27). The molecule has 1 aromatic heterocycles. The molecule has 1 N–H and O–H groups in total. The molecule has 0 aliphatic carbocycles. The second kappa shape index (κ2) is 9.37. The lowest BCUT2D eigenvalue weighted by Gasteiger charge is -2.32. The number of sulfonamides is 1. The molecule has 2 aromatic rings. The number of nitrogens with one attached hydrogen (secondary N) is 1. The third-order valence-corrected chi connectivity index (χ3v) is 7.84. The number of carbonyl (C=O) groups excluding carboxylic acids is 2. The number of amides is 2. The largest absolute Gasteiger partial charge is 0.347 e. The number of piperidine rings is 1. The minimum Gasteiger partial charge on any atom is -0.347 e. The van der Waals surface area contributed by atoms with Crippen molar-refractivity contribution in [1.29, 1.82) is 0 Å². The van der Waals surface area contributed by atoms with E-state index in [0.29, 0.717) is 37.3 Å². The summed E-state index contributed by atoms with van der Waals surface area (Å²) in [6.45, 7) is 3.84. The SMILES string of the molecule is CC(=O)NCc1nc(-c2ccc(S(=O)(=O)N3CCC(C(=O)N4CCCC4)CC3)cc2)no1. The molecule has 0 saturated carbocycles.